The van der Waals surface area contributed by atoms with E-state index in [1.54, 1.807) is 59.2 Å². The number of nitrogens with one attached hydrogen (secondary N) is 1. The number of imidazole rings is 1. The van der Waals surface area contributed by atoms with Crippen molar-refractivity contribution in [2.24, 2.45) is 0 Å². The molecule has 11 nitrogen and oxygen atoms in total. The van der Waals surface area contributed by atoms with Crippen molar-refractivity contribution in [1.82, 2.24) is 19.5 Å². The van der Waals surface area contributed by atoms with E-state index in [2.05, 4.69) is 15.0 Å². The Hall–Kier alpha value is -3.34. The van der Waals surface area contributed by atoms with Crippen LogP contribution < -0.4 is 11.3 Å². The van der Waals surface area contributed by atoms with Crippen LogP contribution in [0.25, 0.3) is 11.2 Å². The normalized spacial score (nSPS) is 13.0. The summed E-state index contributed by atoms with van der Waals surface area (Å²) in [6.07, 6.45) is 1.03. The summed E-state index contributed by atoms with van der Waals surface area (Å²) in [5, 5.41) is 0.503. The monoisotopic (exact) mass is 531 g/mol. The Morgan fingerprint density at radius 3 is 2.72 bits per heavy atom. The predicted octanol–water partition coefficient (Wildman–Crippen LogP) is 3.64. The van der Waals surface area contributed by atoms with E-state index in [0.29, 0.717) is 21.8 Å². The van der Waals surface area contributed by atoms with Gasteiger partial charge in [-0.15, -0.1) is 0 Å². The first-order valence-electron chi connectivity index (χ1n) is 10.8. The molecule has 0 radical (unpaired) electrons. The number of ketones is 1. The second-order valence-electron chi connectivity index (χ2n) is 7.68. The summed E-state index contributed by atoms with van der Waals surface area (Å²) in [7, 11) is -3.85. The molecule has 0 amide bonds. The van der Waals surface area contributed by atoms with Gasteiger partial charge >= 0.3 is 7.60 Å². The lowest BCUT2D eigenvalue weighted by atomic mass is 10.1. The van der Waals surface area contributed by atoms with E-state index in [1.165, 1.54) is 6.33 Å². The van der Waals surface area contributed by atoms with Crippen LogP contribution in [-0.2, 0) is 31.5 Å². The molecular weight excluding hydrogens is 509 g/mol. The number of hydrogen-bond donors (Lipinski definition) is 2. The van der Waals surface area contributed by atoms with Gasteiger partial charge in [-0.2, -0.15) is 4.98 Å². The van der Waals surface area contributed by atoms with Gasteiger partial charge in [0.15, 0.2) is 16.9 Å². The van der Waals surface area contributed by atoms with Crippen LogP contribution in [0.4, 0.5) is 5.95 Å². The molecule has 0 aliphatic carbocycles. The summed E-state index contributed by atoms with van der Waals surface area (Å²) >= 11 is 6.01. The number of aromatic nitrogens is 4. The number of nitrogen functional groups attached to an aromatic ring is 1. The molecule has 4 aromatic rings. The van der Waals surface area contributed by atoms with Crippen LogP contribution in [0.15, 0.2) is 65.7 Å². The first kappa shape index (κ1) is 25.7. The van der Waals surface area contributed by atoms with E-state index >= 15 is 0 Å². The summed E-state index contributed by atoms with van der Waals surface area (Å²) in [5.41, 5.74) is 6.70. The van der Waals surface area contributed by atoms with Gasteiger partial charge in [-0.3, -0.25) is 23.7 Å². The van der Waals surface area contributed by atoms with Gasteiger partial charge in [0.1, 0.15) is 13.0 Å². The van der Waals surface area contributed by atoms with E-state index < -0.39 is 26.1 Å². The quantitative estimate of drug-likeness (QED) is 0.158. The Bertz CT molecular complexity index is 1460. The van der Waals surface area contributed by atoms with Gasteiger partial charge in [0.25, 0.3) is 5.56 Å². The number of halogens is 1. The van der Waals surface area contributed by atoms with Gasteiger partial charge in [-0.05, 0) is 17.7 Å². The third kappa shape index (κ3) is 6.66. The lowest BCUT2D eigenvalue weighted by molar-refractivity contribution is 0.0855. The molecule has 36 heavy (non-hydrogen) atoms. The highest BCUT2D eigenvalue weighted by atomic mass is 35.5. The molecule has 1 unspecified atom stereocenters. The van der Waals surface area contributed by atoms with Gasteiger partial charge in [0.05, 0.1) is 19.5 Å². The minimum atomic E-state index is -3.85. The Morgan fingerprint density at radius 2 is 1.94 bits per heavy atom. The maximum atomic E-state index is 13.4. The SMILES string of the molecule is Nc1nc2c(ncn2CCOCP(=O)(OCC(=O)c2ccccc2)OCc2cccc(Cl)c2)c(=O)[nH]1. The molecule has 4 rings (SSSR count). The van der Waals surface area contributed by atoms with Crippen molar-refractivity contribution in [1.29, 1.82) is 0 Å². The zero-order valence-electron chi connectivity index (χ0n) is 19.0. The minimum Gasteiger partial charge on any atom is -0.369 e. The van der Waals surface area contributed by atoms with Crippen LogP contribution in [0.3, 0.4) is 0 Å². The van der Waals surface area contributed by atoms with Crippen LogP contribution in [0.2, 0.25) is 5.02 Å². The fourth-order valence-corrected chi connectivity index (χ4v) is 4.70. The molecule has 3 N–H and O–H groups in total. The molecule has 1 atom stereocenters. The molecule has 0 spiro atoms. The number of H-pyrrole nitrogens is 1. The molecule has 2 aromatic heterocycles. The topological polar surface area (TPSA) is 151 Å². The summed E-state index contributed by atoms with van der Waals surface area (Å²) in [5.74, 6) is -0.383. The number of Topliss-reactive ketones (excluding diaryl/α,β-unsaturated/α-hetero) is 1. The summed E-state index contributed by atoms with van der Waals surface area (Å²) in [4.78, 5) is 34.9. The fourth-order valence-electron chi connectivity index (χ4n) is 3.25. The molecule has 0 bridgehead atoms. The van der Waals surface area contributed by atoms with Crippen molar-refractivity contribution < 1.29 is 23.1 Å². The van der Waals surface area contributed by atoms with Gasteiger partial charge in [0.2, 0.25) is 5.95 Å². The van der Waals surface area contributed by atoms with Crippen LogP contribution in [-0.4, -0.2) is 44.9 Å². The van der Waals surface area contributed by atoms with Crippen LogP contribution in [0.5, 0.6) is 0 Å². The van der Waals surface area contributed by atoms with E-state index in [0.717, 1.165) is 0 Å². The first-order chi connectivity index (χ1) is 17.3. The molecule has 13 heteroatoms. The van der Waals surface area contributed by atoms with Crippen LogP contribution in [0, 0.1) is 0 Å². The van der Waals surface area contributed by atoms with Gasteiger partial charge in [-0.1, -0.05) is 54.1 Å². The third-order valence-electron chi connectivity index (χ3n) is 5.02. The van der Waals surface area contributed by atoms with Gasteiger partial charge in [0, 0.05) is 17.1 Å². The van der Waals surface area contributed by atoms with Crippen LogP contribution >= 0.6 is 19.2 Å². The Balaban J connectivity index is 1.39. The number of anilines is 1. The fraction of sp³-hybridized carbons (Fsp3) is 0.217. The second-order valence-corrected chi connectivity index (χ2v) is 10.1. The summed E-state index contributed by atoms with van der Waals surface area (Å²) < 4.78 is 31.7. The minimum absolute atomic E-state index is 0.0365. The number of aromatic amines is 1. The Kier molecular flexibility index (Phi) is 8.29. The number of carbonyl (C=O) groups excluding carboxylic acids is 1. The molecule has 0 aliphatic rings. The first-order valence-corrected chi connectivity index (χ1v) is 12.9. The average Bonchev–Trinajstić information content (AvgIpc) is 3.28. The molecule has 0 aliphatic heterocycles. The number of nitrogens with zero attached hydrogens (tertiary/aromatic N) is 3. The molecule has 0 saturated heterocycles. The predicted molar refractivity (Wildman–Crippen MR) is 134 cm³/mol. The molecule has 0 saturated carbocycles. The van der Waals surface area contributed by atoms with Crippen molar-refractivity contribution in [2.45, 2.75) is 13.2 Å². The number of carbonyl (C=O) groups is 1. The van der Waals surface area contributed by atoms with Crippen molar-refractivity contribution in [3.8, 4) is 0 Å². The molecule has 0 fully saturated rings. The largest absolute Gasteiger partial charge is 0.369 e. The zero-order valence-corrected chi connectivity index (χ0v) is 20.7. The molecule has 188 valence electrons. The lowest BCUT2D eigenvalue weighted by Gasteiger charge is -2.19. The van der Waals surface area contributed by atoms with E-state index in [1.807, 2.05) is 0 Å². The number of fused-ring (bicyclic) bond motifs is 1. The smallest absolute Gasteiger partial charge is 0.356 e. The highest BCUT2D eigenvalue weighted by molar-refractivity contribution is 7.53. The standard InChI is InChI=1S/C23H23ClN5O6P/c24-18-8-4-5-16(11-18)12-34-36(32,35-13-19(30)17-6-2-1-3-7-17)15-33-10-9-29-14-26-20-21(29)27-23(25)28-22(20)31/h1-8,11,14H,9-10,12-13,15H2,(H3,25,27,28,31). The zero-order chi connectivity index (χ0) is 25.5. The number of hydrogen-bond acceptors (Lipinski definition) is 9. The number of benzene rings is 2. The maximum absolute atomic E-state index is 13.4. The second kappa shape index (κ2) is 11.6. The Morgan fingerprint density at radius 1 is 1.14 bits per heavy atom. The number of rotatable bonds is 12. The van der Waals surface area contributed by atoms with E-state index in [-0.39, 0.29) is 37.0 Å². The van der Waals surface area contributed by atoms with Gasteiger partial charge in [-0.25, -0.2) is 4.98 Å². The average molecular weight is 532 g/mol. The van der Waals surface area contributed by atoms with E-state index in [4.69, 9.17) is 31.1 Å². The summed E-state index contributed by atoms with van der Waals surface area (Å²) in [6, 6.07) is 15.4. The molecule has 2 aromatic carbocycles. The maximum Gasteiger partial charge on any atom is 0.356 e. The Labute approximate surface area is 210 Å². The molecular formula is C23H23ClN5O6P. The summed E-state index contributed by atoms with van der Waals surface area (Å²) in [6.45, 7) is -0.193. The lowest BCUT2D eigenvalue weighted by Crippen LogP contribution is -2.14. The third-order valence-corrected chi connectivity index (χ3v) is 6.80. The molecule has 2 heterocycles. The van der Waals surface area contributed by atoms with Crippen molar-refractivity contribution >= 4 is 42.1 Å². The number of ether oxygens (including phenoxy) is 1. The van der Waals surface area contributed by atoms with Crippen LogP contribution in [0.1, 0.15) is 15.9 Å². The highest BCUT2D eigenvalue weighted by Crippen LogP contribution is 2.49. The van der Waals surface area contributed by atoms with Crippen molar-refractivity contribution in [2.75, 3.05) is 25.3 Å². The van der Waals surface area contributed by atoms with Crippen molar-refractivity contribution in [3.63, 3.8) is 0 Å². The van der Waals surface area contributed by atoms with E-state index in [9.17, 15) is 14.2 Å². The van der Waals surface area contributed by atoms with Crippen molar-refractivity contribution in [3.05, 3.63) is 87.4 Å². The van der Waals surface area contributed by atoms with Gasteiger partial charge < -0.3 is 19.6 Å². The highest BCUT2D eigenvalue weighted by Gasteiger charge is 2.27. The number of nitrogens with two attached hydrogens (primary N) is 1.